The number of carbonyl (C=O) groups excluding carboxylic acids is 2. The molecule has 6 rings (SSSR count). The van der Waals surface area contributed by atoms with Gasteiger partial charge in [-0.1, -0.05) is 178 Å². The van der Waals surface area contributed by atoms with Crippen molar-refractivity contribution in [3.63, 3.8) is 0 Å². The fraction of sp³-hybridized carbons (Fsp3) is 0.462. The van der Waals surface area contributed by atoms with Crippen LogP contribution in [0.25, 0.3) is 23.3 Å². The van der Waals surface area contributed by atoms with E-state index in [4.69, 9.17) is 18.9 Å². The highest BCUT2D eigenvalue weighted by Gasteiger charge is 2.51. The van der Waals surface area contributed by atoms with Gasteiger partial charge in [0.25, 0.3) is 0 Å². The topological polar surface area (TPSA) is 93.1 Å². The van der Waals surface area contributed by atoms with Gasteiger partial charge in [-0.25, -0.2) is 4.39 Å². The zero-order chi connectivity index (χ0) is 54.4. The molecule has 73 heavy (non-hydrogen) atoms. The number of aryl methyl sites for hydroxylation is 3. The molecule has 392 valence electrons. The van der Waals surface area contributed by atoms with Gasteiger partial charge in [-0.15, -0.1) is 0 Å². The van der Waals surface area contributed by atoms with Crippen molar-refractivity contribution in [2.24, 2.45) is 0 Å². The van der Waals surface area contributed by atoms with Crippen LogP contribution in [0.5, 0.6) is 0 Å². The second-order valence-electron chi connectivity index (χ2n) is 21.1. The molecule has 1 aliphatic heterocycles. The normalized spacial score (nSPS) is 14.7. The second-order valence-corrected chi connectivity index (χ2v) is 21.1. The van der Waals surface area contributed by atoms with Gasteiger partial charge in [-0.3, -0.25) is 0 Å². The Morgan fingerprint density at radius 1 is 0.521 bits per heavy atom. The molecule has 1 heterocycles. The molecule has 0 spiro atoms. The molecule has 0 bridgehead atoms. The van der Waals surface area contributed by atoms with Crippen LogP contribution in [0.15, 0.2) is 115 Å². The fourth-order valence-corrected chi connectivity index (χ4v) is 10.2. The maximum Gasteiger partial charge on any atom is 0.494 e. The lowest BCUT2D eigenvalue weighted by Crippen LogP contribution is -2.41. The number of benzene rings is 5. The Balaban J connectivity index is 0.000000300. The van der Waals surface area contributed by atoms with Crippen molar-refractivity contribution in [3.05, 3.63) is 171 Å². The van der Waals surface area contributed by atoms with Crippen LogP contribution < -0.4 is 5.46 Å². The van der Waals surface area contributed by atoms with E-state index in [1.165, 1.54) is 33.4 Å². The Labute approximate surface area is 439 Å². The van der Waals surface area contributed by atoms with E-state index in [1.54, 1.807) is 12.1 Å². The zero-order valence-corrected chi connectivity index (χ0v) is 47.0. The van der Waals surface area contributed by atoms with Crippen molar-refractivity contribution in [1.82, 2.24) is 0 Å². The number of hydrogen-bond acceptors (Lipinski definition) is 6. The number of hydrogen-bond donors (Lipinski definition) is 2. The quantitative estimate of drug-likeness (QED) is 0.0801. The van der Waals surface area contributed by atoms with Gasteiger partial charge in [0, 0.05) is 10.8 Å². The minimum Gasteiger partial charge on any atom is -0.399 e. The minimum atomic E-state index is -0.747. The Kier molecular flexibility index (Phi) is 21.4. The maximum atomic E-state index is 14.1. The molecule has 0 aliphatic carbocycles. The summed E-state index contributed by atoms with van der Waals surface area (Å²) in [7, 11) is -0.343. The molecule has 6 nitrogen and oxygen atoms in total. The predicted molar refractivity (Wildman–Crippen MR) is 303 cm³/mol. The number of aliphatic hydroxyl groups is 2. The summed E-state index contributed by atoms with van der Waals surface area (Å²) in [6.07, 6.45) is 15.9. The first-order valence-electron chi connectivity index (χ1n) is 26.9. The van der Waals surface area contributed by atoms with Crippen LogP contribution in [0.4, 0.5) is 4.39 Å². The van der Waals surface area contributed by atoms with E-state index in [9.17, 15) is 14.6 Å². The summed E-state index contributed by atoms with van der Waals surface area (Å²) < 4.78 is 26.6. The summed E-state index contributed by atoms with van der Waals surface area (Å²) in [5.41, 5.74) is 11.7. The SMILES string of the molecule is CCC(O)(/C=C/c1ccc(C(CC)(CC)c2ccc(B3OC(C)(C)C(C)(C)O3)cc2)cc1C)CC.CCc1cc(F)cc(-c2ccc(C(CC)(CC)c3ccc(/C=C/C(O)(CC)CC)c(C)c3)cc2)c1.O=C=O. The van der Waals surface area contributed by atoms with E-state index >= 15 is 0 Å². The molecule has 0 radical (unpaired) electrons. The van der Waals surface area contributed by atoms with Gasteiger partial charge in [0.2, 0.25) is 0 Å². The van der Waals surface area contributed by atoms with Crippen LogP contribution in [0.3, 0.4) is 0 Å². The fourth-order valence-electron chi connectivity index (χ4n) is 10.2. The van der Waals surface area contributed by atoms with Gasteiger partial charge in [-0.05, 0) is 178 Å². The summed E-state index contributed by atoms with van der Waals surface area (Å²) in [6, 6.07) is 36.3. The molecule has 0 saturated carbocycles. The van der Waals surface area contributed by atoms with E-state index in [0.29, 0.717) is 25.7 Å². The summed E-state index contributed by atoms with van der Waals surface area (Å²) in [5.74, 6) is -0.180. The average Bonchev–Trinajstić information content (AvgIpc) is 3.62. The standard InChI is InChI=1S/C33H41FO.C31H45BO3.CO2/c1-7-25-21-28(23-31(34)22-25)27-13-15-29(16-14-27)33(10-4,11-5)30-17-12-26(24(6)20-30)18-19-32(35,8-2)9-3;1-10-30(33,11-2)21-20-24-14-15-26(22-23(24)5)31(12-3,13-4)25-16-18-27(19-17-25)32-34-28(6,7)29(8,9)35-32;2-1-3/h12-23,35H,7-11H2,1-6H3;14-22,33H,10-13H2,1-9H3;/b19-18+;21-20+;. The molecule has 0 aromatic heterocycles. The second kappa shape index (κ2) is 25.8. The van der Waals surface area contributed by atoms with Crippen LogP contribution in [-0.2, 0) is 36.1 Å². The molecule has 5 aromatic carbocycles. The lowest BCUT2D eigenvalue weighted by atomic mass is 9.69. The van der Waals surface area contributed by atoms with Crippen molar-refractivity contribution < 1.29 is 33.5 Å². The Morgan fingerprint density at radius 3 is 1.23 bits per heavy atom. The highest BCUT2D eigenvalue weighted by molar-refractivity contribution is 6.62. The van der Waals surface area contributed by atoms with Crippen LogP contribution >= 0.6 is 0 Å². The van der Waals surface area contributed by atoms with Crippen LogP contribution in [0, 0.1) is 19.7 Å². The molecule has 8 heteroatoms. The van der Waals surface area contributed by atoms with Gasteiger partial charge in [0.15, 0.2) is 0 Å². The van der Waals surface area contributed by atoms with Gasteiger partial charge in [-0.2, -0.15) is 9.59 Å². The summed E-state index contributed by atoms with van der Waals surface area (Å²) in [5, 5.41) is 21.3. The number of halogens is 1. The first kappa shape index (κ1) is 60.4. The third kappa shape index (κ3) is 13.9. The van der Waals surface area contributed by atoms with Gasteiger partial charge in [0.05, 0.1) is 22.4 Å². The number of rotatable bonds is 19. The molecule has 1 aliphatic rings. The van der Waals surface area contributed by atoms with Gasteiger partial charge in [0.1, 0.15) is 5.82 Å². The lowest BCUT2D eigenvalue weighted by Gasteiger charge is -2.34. The molecule has 2 N–H and O–H groups in total. The van der Waals surface area contributed by atoms with E-state index in [-0.39, 0.29) is 41.1 Å². The monoisotopic (exact) mass is 993 g/mol. The van der Waals surface area contributed by atoms with Gasteiger partial charge < -0.3 is 19.5 Å². The molecular formula is C65H86BFO6. The Hall–Kier alpha value is -5.21. The molecular weight excluding hydrogens is 907 g/mol. The summed E-state index contributed by atoms with van der Waals surface area (Å²) in [4.78, 5) is 16.2. The predicted octanol–water partition coefficient (Wildman–Crippen LogP) is 15.4. The third-order valence-corrected chi connectivity index (χ3v) is 16.8. The van der Waals surface area contributed by atoms with E-state index < -0.39 is 11.2 Å². The highest BCUT2D eigenvalue weighted by Crippen LogP contribution is 2.42. The van der Waals surface area contributed by atoms with Crippen molar-refractivity contribution in [2.45, 2.75) is 195 Å². The molecule has 0 unspecified atom stereocenters. The van der Waals surface area contributed by atoms with Crippen LogP contribution in [0.2, 0.25) is 0 Å². The Bertz CT molecular complexity index is 2620. The molecule has 0 atom stereocenters. The highest BCUT2D eigenvalue weighted by atomic mass is 19.1. The summed E-state index contributed by atoms with van der Waals surface area (Å²) in [6.45, 7) is 31.9. The maximum absolute atomic E-state index is 14.1. The third-order valence-electron chi connectivity index (χ3n) is 16.8. The largest absolute Gasteiger partial charge is 0.494 e. The van der Waals surface area contributed by atoms with Crippen molar-refractivity contribution >= 4 is 30.9 Å². The average molecular weight is 993 g/mol. The minimum absolute atomic E-state index is 0.0605. The van der Waals surface area contributed by atoms with E-state index in [1.807, 2.05) is 39.8 Å². The molecule has 1 saturated heterocycles. The van der Waals surface area contributed by atoms with E-state index in [2.05, 4.69) is 179 Å². The molecule has 5 aromatic rings. The molecule has 1 fully saturated rings. The van der Waals surface area contributed by atoms with Crippen molar-refractivity contribution in [1.29, 1.82) is 0 Å². The van der Waals surface area contributed by atoms with Gasteiger partial charge >= 0.3 is 13.3 Å². The summed E-state index contributed by atoms with van der Waals surface area (Å²) >= 11 is 0. The van der Waals surface area contributed by atoms with Crippen LogP contribution in [0.1, 0.15) is 191 Å². The van der Waals surface area contributed by atoms with E-state index in [0.717, 1.165) is 65.4 Å². The smallest absolute Gasteiger partial charge is 0.399 e. The Morgan fingerprint density at radius 2 is 0.890 bits per heavy atom. The lowest BCUT2D eigenvalue weighted by molar-refractivity contribution is -0.191. The molecule has 0 amide bonds. The first-order chi connectivity index (χ1) is 34.5. The van der Waals surface area contributed by atoms with Crippen molar-refractivity contribution in [2.75, 3.05) is 0 Å². The van der Waals surface area contributed by atoms with Crippen molar-refractivity contribution in [3.8, 4) is 11.1 Å². The van der Waals surface area contributed by atoms with Crippen LogP contribution in [-0.4, -0.2) is 45.9 Å². The zero-order valence-electron chi connectivity index (χ0n) is 47.0. The first-order valence-corrected chi connectivity index (χ1v) is 26.9.